The maximum Gasteiger partial charge on any atom is 0.280 e. The fraction of sp³-hybridized carbons (Fsp3) is 0.156. The Hall–Kier alpha value is -5.37. The van der Waals surface area contributed by atoms with Gasteiger partial charge in [0, 0.05) is 0 Å². The molecule has 0 amide bonds. The van der Waals surface area contributed by atoms with Gasteiger partial charge >= 0.3 is 0 Å². The summed E-state index contributed by atoms with van der Waals surface area (Å²) in [5, 5.41) is 25.1. The number of hydrogen-bond acceptors (Lipinski definition) is 8. The smallest absolute Gasteiger partial charge is 0.280 e. The van der Waals surface area contributed by atoms with E-state index in [0.29, 0.717) is 5.75 Å². The van der Waals surface area contributed by atoms with E-state index in [1.54, 1.807) is 7.11 Å². The number of ether oxygens (including phenoxy) is 2. The van der Waals surface area contributed by atoms with E-state index in [0.717, 1.165) is 16.7 Å². The molecule has 0 bridgehead atoms. The molecule has 10 heteroatoms. The summed E-state index contributed by atoms with van der Waals surface area (Å²) < 4.78 is 12.4. The van der Waals surface area contributed by atoms with E-state index in [-0.39, 0.29) is 22.9 Å². The fourth-order valence-electron chi connectivity index (χ4n) is 5.37. The van der Waals surface area contributed by atoms with Gasteiger partial charge in [-0.1, -0.05) is 85.3 Å². The highest BCUT2D eigenvalue weighted by Crippen LogP contribution is 2.42. The summed E-state index contributed by atoms with van der Waals surface area (Å²) in [5.41, 5.74) is -1.07. The van der Waals surface area contributed by atoms with Crippen LogP contribution in [0.5, 0.6) is 5.75 Å². The molecule has 3 atom stereocenters. The average molecular weight is 562 g/mol. The largest absolute Gasteiger partial charge is 0.497 e. The molecule has 0 aliphatic carbocycles. The van der Waals surface area contributed by atoms with Gasteiger partial charge in [-0.05, 0) is 28.8 Å². The Morgan fingerprint density at radius 2 is 1.67 bits per heavy atom. The molecular weight excluding hydrogens is 534 g/mol. The van der Waals surface area contributed by atoms with Crippen LogP contribution in [0.3, 0.4) is 0 Å². The molecule has 210 valence electrons. The van der Waals surface area contributed by atoms with Crippen molar-refractivity contribution in [2.75, 3.05) is 12.4 Å². The van der Waals surface area contributed by atoms with Crippen molar-refractivity contribution in [1.82, 2.24) is 19.5 Å². The van der Waals surface area contributed by atoms with Crippen LogP contribution >= 0.6 is 0 Å². The van der Waals surface area contributed by atoms with Crippen molar-refractivity contribution in [3.63, 3.8) is 0 Å². The number of aromatic amines is 1. The van der Waals surface area contributed by atoms with Gasteiger partial charge in [0.15, 0.2) is 17.3 Å². The van der Waals surface area contributed by atoms with E-state index in [2.05, 4.69) is 27.8 Å². The molecule has 0 spiro atoms. The monoisotopic (exact) mass is 561 g/mol. The standard InChI is InChI=1S/C32H27N5O5/c1-4-31(40)26(38)20(2)42-29(31)37-19-33-25-27(37)34-30(35-28(25)39)36-32(21-11-7-5-8-12-21,22-13-9-6-10-14-22)23-15-17-24(41-3)18-16-23/h1,5-19,26,29,38,40H,2H2,3H3,(H2,34,35,36,39)/t26-,29-,31-/m1/s1. The molecular formula is C32H27N5O5. The number of nitrogens with zero attached hydrogens (tertiary/aromatic N) is 3. The first-order valence-electron chi connectivity index (χ1n) is 13.1. The molecule has 3 heterocycles. The maximum absolute atomic E-state index is 13.3. The molecule has 0 radical (unpaired) electrons. The Kier molecular flexibility index (Phi) is 6.54. The number of methoxy groups -OCH3 is 1. The predicted octanol–water partition coefficient (Wildman–Crippen LogP) is 3.30. The third-order valence-electron chi connectivity index (χ3n) is 7.52. The molecule has 1 saturated heterocycles. The first-order valence-corrected chi connectivity index (χ1v) is 13.1. The lowest BCUT2D eigenvalue weighted by Crippen LogP contribution is -2.43. The molecule has 4 N–H and O–H groups in total. The van der Waals surface area contributed by atoms with Crippen LogP contribution in [0.1, 0.15) is 22.9 Å². The minimum absolute atomic E-state index is 0.00927. The summed E-state index contributed by atoms with van der Waals surface area (Å²) in [6.45, 7) is 3.64. The number of imidazole rings is 1. The van der Waals surface area contributed by atoms with Gasteiger partial charge in [0.05, 0.1) is 7.11 Å². The molecule has 42 heavy (non-hydrogen) atoms. The number of hydrogen-bond donors (Lipinski definition) is 4. The summed E-state index contributed by atoms with van der Waals surface area (Å²) in [6.07, 6.45) is 3.99. The van der Waals surface area contributed by atoms with Crippen LogP contribution in [0, 0.1) is 12.3 Å². The van der Waals surface area contributed by atoms with E-state index in [1.807, 2.05) is 84.9 Å². The maximum atomic E-state index is 13.3. The van der Waals surface area contributed by atoms with Crippen LogP contribution in [0.2, 0.25) is 0 Å². The van der Waals surface area contributed by atoms with Gasteiger partial charge in [-0.25, -0.2) is 4.98 Å². The van der Waals surface area contributed by atoms with Gasteiger partial charge < -0.3 is 25.0 Å². The van der Waals surface area contributed by atoms with Gasteiger partial charge in [0.2, 0.25) is 17.8 Å². The number of rotatable bonds is 7. The molecule has 3 aromatic carbocycles. The van der Waals surface area contributed by atoms with Gasteiger partial charge in [-0.15, -0.1) is 6.42 Å². The van der Waals surface area contributed by atoms with Gasteiger partial charge in [-0.3, -0.25) is 14.3 Å². The van der Waals surface area contributed by atoms with Crippen molar-refractivity contribution in [2.24, 2.45) is 0 Å². The SMILES string of the molecule is C#C[C@@]1(O)[C@H](O)C(=C)O[C@H]1n1cnc2c(=O)[nH]c(NC(c3ccccc3)(c3ccccc3)c3ccc(OC)cc3)nc21. The van der Waals surface area contributed by atoms with E-state index < -0.39 is 29.0 Å². The Morgan fingerprint density at radius 3 is 2.24 bits per heavy atom. The van der Waals surface area contributed by atoms with Crippen LogP contribution in [0.4, 0.5) is 5.95 Å². The molecule has 1 aliphatic rings. The van der Waals surface area contributed by atoms with Crippen LogP contribution in [-0.2, 0) is 10.3 Å². The number of H-pyrrole nitrogens is 1. The van der Waals surface area contributed by atoms with Crippen molar-refractivity contribution in [1.29, 1.82) is 0 Å². The van der Waals surface area contributed by atoms with E-state index in [1.165, 1.54) is 10.9 Å². The molecule has 0 saturated carbocycles. The topological polar surface area (TPSA) is 135 Å². The number of aliphatic hydroxyl groups is 2. The Bertz CT molecular complexity index is 1820. The molecule has 0 unspecified atom stereocenters. The molecule has 2 aromatic heterocycles. The molecule has 1 aliphatic heterocycles. The summed E-state index contributed by atoms with van der Waals surface area (Å²) >= 11 is 0. The van der Waals surface area contributed by atoms with Crippen molar-refractivity contribution in [2.45, 2.75) is 23.5 Å². The number of terminal acetylenes is 1. The highest BCUT2D eigenvalue weighted by molar-refractivity contribution is 5.72. The minimum Gasteiger partial charge on any atom is -0.497 e. The Morgan fingerprint density at radius 1 is 1.07 bits per heavy atom. The second-order valence-electron chi connectivity index (χ2n) is 9.88. The number of fused-ring (bicyclic) bond motifs is 1. The predicted molar refractivity (Wildman–Crippen MR) is 157 cm³/mol. The Labute approximate surface area is 240 Å². The van der Waals surface area contributed by atoms with Crippen molar-refractivity contribution in [3.05, 3.63) is 131 Å². The van der Waals surface area contributed by atoms with Crippen molar-refractivity contribution >= 4 is 17.1 Å². The van der Waals surface area contributed by atoms with Crippen LogP contribution in [0.15, 0.2) is 108 Å². The van der Waals surface area contributed by atoms with Gasteiger partial charge in [-0.2, -0.15) is 4.98 Å². The molecule has 5 aromatic rings. The molecule has 10 nitrogen and oxygen atoms in total. The van der Waals surface area contributed by atoms with Gasteiger partial charge in [0.1, 0.15) is 23.4 Å². The number of benzene rings is 3. The second kappa shape index (κ2) is 10.2. The van der Waals surface area contributed by atoms with E-state index in [4.69, 9.17) is 20.9 Å². The van der Waals surface area contributed by atoms with Crippen LogP contribution in [-0.4, -0.2) is 48.5 Å². The zero-order chi connectivity index (χ0) is 29.5. The lowest BCUT2D eigenvalue weighted by molar-refractivity contribution is -0.0630. The molecule has 6 rings (SSSR count). The third kappa shape index (κ3) is 4.11. The summed E-state index contributed by atoms with van der Waals surface area (Å²) in [4.78, 5) is 25.0. The number of nitrogens with one attached hydrogen (secondary N) is 2. The van der Waals surface area contributed by atoms with Crippen LogP contribution < -0.4 is 15.6 Å². The van der Waals surface area contributed by atoms with E-state index in [9.17, 15) is 15.0 Å². The first-order chi connectivity index (χ1) is 20.3. The quantitative estimate of drug-likeness (QED) is 0.176. The van der Waals surface area contributed by atoms with Crippen LogP contribution in [0.25, 0.3) is 11.2 Å². The number of anilines is 1. The summed E-state index contributed by atoms with van der Waals surface area (Å²) in [5.74, 6) is 2.88. The Balaban J connectivity index is 1.57. The average Bonchev–Trinajstić information content (AvgIpc) is 3.55. The van der Waals surface area contributed by atoms with Gasteiger partial charge in [0.25, 0.3) is 5.56 Å². The highest BCUT2D eigenvalue weighted by atomic mass is 16.6. The third-order valence-corrected chi connectivity index (χ3v) is 7.52. The normalized spacial score (nSPS) is 20.2. The second-order valence-corrected chi connectivity index (χ2v) is 9.88. The van der Waals surface area contributed by atoms with E-state index >= 15 is 0 Å². The first kappa shape index (κ1) is 26.8. The van der Waals surface area contributed by atoms with Crippen molar-refractivity contribution < 1.29 is 19.7 Å². The minimum atomic E-state index is -2.16. The number of aliphatic hydroxyl groups excluding tert-OH is 1. The zero-order valence-corrected chi connectivity index (χ0v) is 22.6. The molecule has 1 fully saturated rings. The summed E-state index contributed by atoms with van der Waals surface area (Å²) in [7, 11) is 1.60. The highest BCUT2D eigenvalue weighted by Gasteiger charge is 2.54. The number of aromatic nitrogens is 4. The zero-order valence-electron chi connectivity index (χ0n) is 22.6. The fourth-order valence-corrected chi connectivity index (χ4v) is 5.37. The lowest BCUT2D eigenvalue weighted by Gasteiger charge is -2.37. The summed E-state index contributed by atoms with van der Waals surface area (Å²) in [6, 6.07) is 27.1. The lowest BCUT2D eigenvalue weighted by atomic mass is 9.77. The van der Waals surface area contributed by atoms with Crippen molar-refractivity contribution in [3.8, 4) is 18.1 Å².